The van der Waals surface area contributed by atoms with E-state index in [1.807, 2.05) is 5.32 Å². The summed E-state index contributed by atoms with van der Waals surface area (Å²) in [4.78, 5) is 24.0. The SMILES string of the molecule is CC(=O)N[C@@H](C(=O)[C@@H]1O[C@H](CO)[C@H](O)[C@H](O)[C@H]1O)[C@@H](O)[C@@H](O)[C@H](O)CO. The fraction of sp³-hybridized carbons (Fsp3) is 0.857. The van der Waals surface area contributed by atoms with Gasteiger partial charge in [0.2, 0.25) is 5.91 Å². The van der Waals surface area contributed by atoms with Crippen molar-refractivity contribution in [2.45, 2.75) is 61.8 Å². The maximum atomic E-state index is 12.6. The van der Waals surface area contributed by atoms with Gasteiger partial charge in [-0.05, 0) is 0 Å². The van der Waals surface area contributed by atoms with E-state index in [1.165, 1.54) is 0 Å². The third-order valence-electron chi connectivity index (χ3n) is 4.11. The summed E-state index contributed by atoms with van der Waals surface area (Å²) in [7, 11) is 0. The van der Waals surface area contributed by atoms with Gasteiger partial charge in [-0.2, -0.15) is 0 Å². The first kappa shape index (κ1) is 22.8. The van der Waals surface area contributed by atoms with Gasteiger partial charge in [0.1, 0.15) is 54.9 Å². The van der Waals surface area contributed by atoms with Crippen LogP contribution >= 0.6 is 0 Å². The summed E-state index contributed by atoms with van der Waals surface area (Å²) >= 11 is 0. The molecular formula is C14H25NO11. The molecule has 0 aromatic heterocycles. The number of aliphatic hydroxyl groups excluding tert-OH is 8. The van der Waals surface area contributed by atoms with Gasteiger partial charge in [-0.15, -0.1) is 0 Å². The van der Waals surface area contributed by atoms with Crippen LogP contribution in [0.25, 0.3) is 0 Å². The number of nitrogens with one attached hydrogen (secondary N) is 1. The Morgan fingerprint density at radius 3 is 2.04 bits per heavy atom. The molecule has 12 heteroatoms. The highest BCUT2D eigenvalue weighted by Gasteiger charge is 2.49. The third-order valence-corrected chi connectivity index (χ3v) is 4.11. The molecule has 1 heterocycles. The summed E-state index contributed by atoms with van der Waals surface area (Å²) in [5.41, 5.74) is 0. The normalized spacial score (nSPS) is 33.8. The van der Waals surface area contributed by atoms with Crippen LogP contribution in [0.5, 0.6) is 0 Å². The molecule has 152 valence electrons. The summed E-state index contributed by atoms with van der Waals surface area (Å²) in [5, 5.41) is 78.7. The molecule has 9 N–H and O–H groups in total. The smallest absolute Gasteiger partial charge is 0.217 e. The molecule has 0 aliphatic carbocycles. The molecule has 0 unspecified atom stereocenters. The zero-order valence-electron chi connectivity index (χ0n) is 13.9. The highest BCUT2D eigenvalue weighted by Crippen LogP contribution is 2.23. The molecule has 1 aliphatic rings. The number of Topliss-reactive ketones (excluding diaryl/α,β-unsaturated/α-hetero) is 1. The van der Waals surface area contributed by atoms with Crippen molar-refractivity contribution in [3.63, 3.8) is 0 Å². The van der Waals surface area contributed by atoms with Gasteiger partial charge >= 0.3 is 0 Å². The Kier molecular flexibility index (Phi) is 8.46. The van der Waals surface area contributed by atoms with E-state index in [-0.39, 0.29) is 0 Å². The molecule has 0 aromatic rings. The lowest BCUT2D eigenvalue weighted by Crippen LogP contribution is -2.65. The molecule has 0 spiro atoms. The van der Waals surface area contributed by atoms with E-state index in [0.29, 0.717) is 0 Å². The van der Waals surface area contributed by atoms with E-state index in [2.05, 4.69) is 0 Å². The standard InChI is InChI=1S/C14H25NO11/c1-4(18)15-7(10(22)8(20)5(19)2-16)11(23)14-13(25)12(24)9(21)6(3-17)26-14/h5-10,12-14,16-17,19-22,24-25H,2-3H2,1H3,(H,15,18)/t5-,6-,7-,8+,9+,10-,12+,13-,14+/m1/s1. The van der Waals surface area contributed by atoms with E-state index >= 15 is 0 Å². The lowest BCUT2D eigenvalue weighted by molar-refractivity contribution is -0.228. The molecule has 1 rings (SSSR count). The molecule has 1 amide bonds. The lowest BCUT2D eigenvalue weighted by atomic mass is 9.88. The van der Waals surface area contributed by atoms with Crippen molar-refractivity contribution in [1.29, 1.82) is 0 Å². The van der Waals surface area contributed by atoms with Crippen molar-refractivity contribution in [2.75, 3.05) is 13.2 Å². The molecule has 0 saturated carbocycles. The minimum absolute atomic E-state index is 0.798. The predicted octanol–water partition coefficient (Wildman–Crippen LogP) is -6.02. The molecule has 0 aromatic carbocycles. The first-order valence-corrected chi connectivity index (χ1v) is 7.83. The minimum Gasteiger partial charge on any atom is -0.394 e. The fourth-order valence-electron chi connectivity index (χ4n) is 2.59. The van der Waals surface area contributed by atoms with Crippen LogP contribution in [-0.2, 0) is 14.3 Å². The number of hydrogen-bond acceptors (Lipinski definition) is 11. The first-order valence-electron chi connectivity index (χ1n) is 7.83. The van der Waals surface area contributed by atoms with E-state index in [1.54, 1.807) is 0 Å². The first-order chi connectivity index (χ1) is 12.1. The molecule has 1 saturated heterocycles. The number of carbonyl (C=O) groups is 2. The average molecular weight is 383 g/mol. The molecular weight excluding hydrogens is 358 g/mol. The predicted molar refractivity (Wildman–Crippen MR) is 81.5 cm³/mol. The number of rotatable bonds is 8. The zero-order chi connectivity index (χ0) is 20.2. The van der Waals surface area contributed by atoms with Gasteiger partial charge < -0.3 is 50.9 Å². The summed E-state index contributed by atoms with van der Waals surface area (Å²) in [5.74, 6) is -1.99. The van der Waals surface area contributed by atoms with Gasteiger partial charge in [0.05, 0.1) is 13.2 Å². The van der Waals surface area contributed by atoms with Crippen molar-refractivity contribution >= 4 is 11.7 Å². The number of carbonyl (C=O) groups excluding carboxylic acids is 2. The van der Waals surface area contributed by atoms with Gasteiger partial charge in [-0.3, -0.25) is 9.59 Å². The maximum Gasteiger partial charge on any atom is 0.217 e. The Hall–Kier alpha value is -1.22. The van der Waals surface area contributed by atoms with Crippen molar-refractivity contribution in [3.05, 3.63) is 0 Å². The molecule has 26 heavy (non-hydrogen) atoms. The van der Waals surface area contributed by atoms with Crippen LogP contribution in [0.15, 0.2) is 0 Å². The highest BCUT2D eigenvalue weighted by molar-refractivity contribution is 5.92. The fourth-order valence-corrected chi connectivity index (χ4v) is 2.59. The Labute approximate surface area is 148 Å². The van der Waals surface area contributed by atoms with Crippen molar-refractivity contribution in [2.24, 2.45) is 0 Å². The number of ether oxygens (including phenoxy) is 1. The minimum atomic E-state index is -2.10. The second kappa shape index (κ2) is 9.64. The second-order valence-corrected chi connectivity index (χ2v) is 6.06. The van der Waals surface area contributed by atoms with Gasteiger partial charge in [0, 0.05) is 6.92 Å². The van der Waals surface area contributed by atoms with Crippen LogP contribution in [0.3, 0.4) is 0 Å². The number of amides is 1. The number of hydrogen-bond donors (Lipinski definition) is 9. The molecule has 1 aliphatic heterocycles. The monoisotopic (exact) mass is 383 g/mol. The summed E-state index contributed by atoms with van der Waals surface area (Å²) in [6.07, 6.45) is -14.8. The molecule has 0 bridgehead atoms. The number of aliphatic hydroxyl groups is 8. The average Bonchev–Trinajstić information content (AvgIpc) is 2.61. The van der Waals surface area contributed by atoms with Gasteiger partial charge in [0.25, 0.3) is 0 Å². The summed E-state index contributed by atoms with van der Waals surface area (Å²) in [6.45, 7) is -0.748. The van der Waals surface area contributed by atoms with Gasteiger partial charge in [-0.1, -0.05) is 0 Å². The molecule has 1 fully saturated rings. The van der Waals surface area contributed by atoms with Crippen LogP contribution in [0, 0.1) is 0 Å². The van der Waals surface area contributed by atoms with Crippen molar-refractivity contribution in [3.8, 4) is 0 Å². The zero-order valence-corrected chi connectivity index (χ0v) is 13.9. The highest BCUT2D eigenvalue weighted by atomic mass is 16.5. The third kappa shape index (κ3) is 4.94. The Morgan fingerprint density at radius 2 is 1.58 bits per heavy atom. The topological polar surface area (TPSA) is 217 Å². The largest absolute Gasteiger partial charge is 0.394 e. The van der Waals surface area contributed by atoms with Crippen LogP contribution in [0.1, 0.15) is 6.92 Å². The second-order valence-electron chi connectivity index (χ2n) is 6.06. The molecule has 12 nitrogen and oxygen atoms in total. The number of ketones is 1. The van der Waals surface area contributed by atoms with E-state index in [4.69, 9.17) is 14.9 Å². The molecule has 0 radical (unpaired) electrons. The summed E-state index contributed by atoms with van der Waals surface area (Å²) < 4.78 is 5.06. The molecule has 9 atom stereocenters. The van der Waals surface area contributed by atoms with Crippen LogP contribution in [0.4, 0.5) is 0 Å². The maximum absolute atomic E-state index is 12.6. The van der Waals surface area contributed by atoms with Crippen molar-refractivity contribution in [1.82, 2.24) is 5.32 Å². The van der Waals surface area contributed by atoms with Gasteiger partial charge in [-0.25, -0.2) is 0 Å². The van der Waals surface area contributed by atoms with E-state index in [0.717, 1.165) is 6.92 Å². The van der Waals surface area contributed by atoms with Gasteiger partial charge in [0.15, 0.2) is 5.78 Å². The quantitative estimate of drug-likeness (QED) is 0.192. The lowest BCUT2D eigenvalue weighted by Gasteiger charge is -2.41. The van der Waals surface area contributed by atoms with Crippen LogP contribution in [0.2, 0.25) is 0 Å². The Morgan fingerprint density at radius 1 is 1.00 bits per heavy atom. The van der Waals surface area contributed by atoms with E-state index < -0.39 is 79.8 Å². The Bertz CT molecular complexity index is 488. The van der Waals surface area contributed by atoms with E-state index in [9.17, 15) is 40.2 Å². The summed E-state index contributed by atoms with van der Waals surface area (Å²) in [6, 6.07) is -1.88. The Balaban J connectivity index is 3.09. The van der Waals surface area contributed by atoms with Crippen LogP contribution < -0.4 is 5.32 Å². The van der Waals surface area contributed by atoms with Crippen molar-refractivity contribution < 1.29 is 55.2 Å². The van der Waals surface area contributed by atoms with Crippen LogP contribution in [-0.4, -0.2) is 121 Å².